The fourth-order valence-electron chi connectivity index (χ4n) is 6.40. The van der Waals surface area contributed by atoms with Crippen LogP contribution in [0, 0.1) is 17.8 Å². The van der Waals surface area contributed by atoms with Gasteiger partial charge in [0.1, 0.15) is 0 Å². The summed E-state index contributed by atoms with van der Waals surface area (Å²) in [6.45, 7) is 12.5. The molecule has 4 aliphatic rings. The van der Waals surface area contributed by atoms with Crippen LogP contribution >= 0.6 is 0 Å². The van der Waals surface area contributed by atoms with Crippen molar-refractivity contribution in [2.45, 2.75) is 115 Å². The lowest BCUT2D eigenvalue weighted by Crippen LogP contribution is -2.43. The summed E-state index contributed by atoms with van der Waals surface area (Å²) in [6, 6.07) is 2.03. The van der Waals surface area contributed by atoms with E-state index in [0.29, 0.717) is 24.2 Å². The number of ether oxygens (including phenoxy) is 2. The maximum Gasteiger partial charge on any atom is 0.500 e. The highest BCUT2D eigenvalue weighted by molar-refractivity contribution is 6.66. The summed E-state index contributed by atoms with van der Waals surface area (Å²) >= 11 is 0. The molecular weight excluding hydrogens is 480 g/mol. The lowest BCUT2D eigenvalue weighted by atomic mass is 9.77. The van der Waals surface area contributed by atoms with Crippen molar-refractivity contribution in [3.63, 3.8) is 0 Å². The molecule has 0 aromatic heterocycles. The van der Waals surface area contributed by atoms with Gasteiger partial charge in [-0.25, -0.2) is 0 Å². The lowest BCUT2D eigenvalue weighted by Gasteiger charge is -2.33. The van der Waals surface area contributed by atoms with E-state index in [0.717, 1.165) is 43.6 Å². The summed E-state index contributed by atoms with van der Waals surface area (Å²) in [7, 11) is 0.727. The van der Waals surface area contributed by atoms with Gasteiger partial charge in [-0.05, 0) is 96.1 Å². The molecule has 206 valence electrons. The quantitative estimate of drug-likeness (QED) is 0.228. The van der Waals surface area contributed by atoms with Gasteiger partial charge in [0.2, 0.25) is 0 Å². The molecule has 2 saturated heterocycles. The second kappa shape index (κ2) is 12.8. The normalized spacial score (nSPS) is 34.8. The van der Waals surface area contributed by atoms with Gasteiger partial charge in [0, 0.05) is 40.6 Å². The van der Waals surface area contributed by atoms with Gasteiger partial charge in [-0.2, -0.15) is 0 Å². The Balaban J connectivity index is 0.000000198. The van der Waals surface area contributed by atoms with E-state index in [9.17, 15) is 0 Å². The minimum absolute atomic E-state index is 0.233. The molecule has 2 aliphatic heterocycles. The average molecular weight is 533 g/mol. The van der Waals surface area contributed by atoms with Crippen molar-refractivity contribution in [1.82, 2.24) is 0 Å². The Morgan fingerprint density at radius 2 is 1.60 bits per heavy atom. The molecule has 0 bridgehead atoms. The summed E-state index contributed by atoms with van der Waals surface area (Å²) < 4.78 is 39.6. The molecule has 0 amide bonds. The van der Waals surface area contributed by atoms with Crippen LogP contribution in [0.4, 0.5) is 0 Å². The molecule has 7 nitrogen and oxygen atoms in total. The highest BCUT2D eigenvalue weighted by Crippen LogP contribution is 2.51. The summed E-state index contributed by atoms with van der Waals surface area (Å²) in [5.41, 5.74) is 0.233. The third-order valence-electron chi connectivity index (χ3n) is 8.87. The van der Waals surface area contributed by atoms with Crippen LogP contribution in [0.3, 0.4) is 0 Å². The van der Waals surface area contributed by atoms with Crippen LogP contribution in [-0.4, -0.2) is 75.8 Å². The topological polar surface area (TPSA) is 71.2 Å². The van der Waals surface area contributed by atoms with Gasteiger partial charge in [0.25, 0.3) is 0 Å². The van der Waals surface area contributed by atoms with E-state index in [1.807, 2.05) is 0 Å². The first kappa shape index (κ1) is 29.7. The summed E-state index contributed by atoms with van der Waals surface area (Å²) in [5.74, 6) is 2.23. The maximum absolute atomic E-state index is 5.97. The molecule has 2 saturated carbocycles. The van der Waals surface area contributed by atoms with E-state index >= 15 is 0 Å². The molecule has 9 heteroatoms. The van der Waals surface area contributed by atoms with Crippen molar-refractivity contribution in [3.05, 3.63) is 0 Å². The third-order valence-corrected chi connectivity index (χ3v) is 14.8. The first-order valence-electron chi connectivity index (χ1n) is 13.9. The van der Waals surface area contributed by atoms with Gasteiger partial charge in [0.15, 0.2) is 0 Å². The van der Waals surface area contributed by atoms with Gasteiger partial charge in [-0.1, -0.05) is 6.92 Å². The maximum atomic E-state index is 5.97. The van der Waals surface area contributed by atoms with E-state index < -0.39 is 17.4 Å². The van der Waals surface area contributed by atoms with Gasteiger partial charge >= 0.3 is 17.4 Å². The molecule has 0 aromatic rings. The molecule has 0 radical (unpaired) electrons. The van der Waals surface area contributed by atoms with Gasteiger partial charge < -0.3 is 31.6 Å². The van der Waals surface area contributed by atoms with Crippen LogP contribution in [0.1, 0.15) is 72.6 Å². The fraction of sp³-hybridized carbons (Fsp3) is 1.00. The molecule has 2 aliphatic carbocycles. The van der Waals surface area contributed by atoms with Crippen molar-refractivity contribution in [3.8, 4) is 0 Å². The minimum Gasteiger partial charge on any atom is -0.395 e. The first-order valence-corrected chi connectivity index (χ1v) is 18.4. The number of hydrogen-bond donors (Lipinski definition) is 0. The van der Waals surface area contributed by atoms with Crippen molar-refractivity contribution >= 4 is 17.4 Å². The monoisotopic (exact) mass is 532 g/mol. The molecule has 4 fully saturated rings. The Kier molecular flexibility index (Phi) is 10.9. The number of hydrogen-bond acceptors (Lipinski definition) is 7. The molecule has 0 spiro atoms. The number of rotatable bonds is 13. The van der Waals surface area contributed by atoms with Crippen LogP contribution in [0.2, 0.25) is 18.6 Å². The zero-order valence-corrected chi connectivity index (χ0v) is 25.6. The van der Waals surface area contributed by atoms with E-state index in [-0.39, 0.29) is 5.60 Å². The Morgan fingerprint density at radius 3 is 2.14 bits per heavy atom. The second-order valence-electron chi connectivity index (χ2n) is 11.4. The molecule has 35 heavy (non-hydrogen) atoms. The first-order chi connectivity index (χ1) is 16.6. The summed E-state index contributed by atoms with van der Waals surface area (Å²) in [6.07, 6.45) is 10.3. The van der Waals surface area contributed by atoms with Crippen LogP contribution < -0.4 is 0 Å². The highest BCUT2D eigenvalue weighted by atomic mass is 28.4. The van der Waals surface area contributed by atoms with Crippen molar-refractivity contribution in [2.24, 2.45) is 17.8 Å². The summed E-state index contributed by atoms with van der Waals surface area (Å²) in [4.78, 5) is 0. The molecule has 0 aromatic carbocycles. The zero-order valence-electron chi connectivity index (χ0n) is 23.6. The van der Waals surface area contributed by atoms with E-state index in [2.05, 4.69) is 34.2 Å². The fourth-order valence-corrected chi connectivity index (χ4v) is 11.3. The molecule has 2 heterocycles. The Hall–Kier alpha value is 0.154. The lowest BCUT2D eigenvalue weighted by molar-refractivity contribution is 0.120. The second-order valence-corrected chi connectivity index (χ2v) is 17.7. The molecule has 0 N–H and O–H groups in total. The number of epoxide rings is 2. The molecule has 4 rings (SSSR count). The van der Waals surface area contributed by atoms with Crippen LogP contribution in [-0.2, 0) is 31.6 Å². The van der Waals surface area contributed by atoms with Crippen molar-refractivity contribution < 1.29 is 31.6 Å². The molecule has 7 unspecified atom stereocenters. The SMILES string of the molecule is CCO[Si](C)(CC(C)C1CCC2(C)OC2C1)OCC.CO[Si](CCC1CCC2OC2C1)(OC)OC. The van der Waals surface area contributed by atoms with E-state index in [1.54, 1.807) is 21.3 Å². The van der Waals surface area contributed by atoms with E-state index in [4.69, 9.17) is 31.6 Å². The molecule has 7 atom stereocenters. The van der Waals surface area contributed by atoms with Gasteiger partial charge in [-0.3, -0.25) is 0 Å². The predicted molar refractivity (Wildman–Crippen MR) is 142 cm³/mol. The minimum atomic E-state index is -2.35. The Morgan fingerprint density at radius 1 is 0.943 bits per heavy atom. The molecular formula is C26H52O7Si2. The van der Waals surface area contributed by atoms with Crippen LogP contribution in [0.15, 0.2) is 0 Å². The van der Waals surface area contributed by atoms with Gasteiger partial charge in [-0.15, -0.1) is 0 Å². The predicted octanol–water partition coefficient (Wildman–Crippen LogP) is 5.55. The summed E-state index contributed by atoms with van der Waals surface area (Å²) in [5, 5.41) is 0. The Bertz CT molecular complexity index is 635. The standard InChI is InChI=1S/C15H30O3Si.C11H22O4Si/c1-6-16-19(5,17-7-2)11-12(3)13-8-9-15(4)14(10-13)18-15;1-12-16(13-2,14-3)7-6-9-4-5-10-11(8-9)15-10/h12-14H,6-11H2,1-5H3;9-11H,4-8H2,1-3H3. The zero-order chi connectivity index (χ0) is 25.7. The smallest absolute Gasteiger partial charge is 0.395 e. The highest BCUT2D eigenvalue weighted by Gasteiger charge is 2.56. The third kappa shape index (κ3) is 8.07. The van der Waals surface area contributed by atoms with Crippen LogP contribution in [0.5, 0.6) is 0 Å². The van der Waals surface area contributed by atoms with Crippen molar-refractivity contribution in [2.75, 3.05) is 34.5 Å². The van der Waals surface area contributed by atoms with Crippen molar-refractivity contribution in [1.29, 1.82) is 0 Å². The Labute approximate surface area is 216 Å². The van der Waals surface area contributed by atoms with Crippen LogP contribution in [0.25, 0.3) is 0 Å². The van der Waals surface area contributed by atoms with Gasteiger partial charge in [0.05, 0.1) is 23.9 Å². The number of fused-ring (bicyclic) bond motifs is 2. The largest absolute Gasteiger partial charge is 0.500 e. The average Bonchev–Trinajstić information content (AvgIpc) is 3.74. The van der Waals surface area contributed by atoms with E-state index in [1.165, 1.54) is 38.5 Å².